The molecule has 0 saturated heterocycles. The molecular formula is C84H53B2N5OS2. The molecule has 0 N–H and O–H groups in total. The fraction of sp³-hybridized carbons (Fsp3) is 0. The van der Waals surface area contributed by atoms with Gasteiger partial charge in [-0.05, 0) is 160 Å². The molecule has 4 aliphatic rings. The molecule has 6 nitrogen and oxygen atoms in total. The molecule has 0 spiro atoms. The predicted octanol–water partition coefficient (Wildman–Crippen LogP) is 19.8. The second-order valence-electron chi connectivity index (χ2n) is 24.7. The number of thiophene rings is 2. The highest BCUT2D eigenvalue weighted by molar-refractivity contribution is 7.26. The standard InChI is InChI=1S/C84H53B2N5OS2/c1-6-26-54(27-7-1)87(55-28-8-2-9-29-55)59-48-73-82-74(49-59)90(58-34-14-5-15-35-58)71-53-72-67(52-66(71)85(82)64-39-18-20-41-68(64)89(73)57-32-12-4-13-33-57)86-65-40-19-21-44-76(65)92-77-51-60(50-75(83(77)86)91(72)69-42-25-47-80-81(69)63-37-17-23-46-79(63)93-80)88(56-30-10-3-11-31-56)70-43-24-38-62-61-36-16-22-45-78(61)94-84(62)70/h1-53H. The third-order valence-electron chi connectivity index (χ3n) is 19.6. The molecule has 16 aromatic rings. The third-order valence-corrected chi connectivity index (χ3v) is 21.9. The average molecular weight is 1230 g/mol. The topological polar surface area (TPSA) is 25.4 Å². The van der Waals surface area contributed by atoms with E-state index in [2.05, 4.69) is 346 Å². The highest BCUT2D eigenvalue weighted by Gasteiger charge is 2.49. The zero-order chi connectivity index (χ0) is 61.5. The van der Waals surface area contributed by atoms with Crippen molar-refractivity contribution in [1.82, 2.24) is 0 Å². The van der Waals surface area contributed by atoms with E-state index in [1.165, 1.54) is 62.2 Å². The van der Waals surface area contributed by atoms with Crippen molar-refractivity contribution in [2.75, 3.05) is 24.5 Å². The van der Waals surface area contributed by atoms with Crippen LogP contribution < -0.4 is 62.0 Å². The van der Waals surface area contributed by atoms with Gasteiger partial charge in [0.15, 0.2) is 0 Å². The van der Waals surface area contributed by atoms with Crippen molar-refractivity contribution in [3.63, 3.8) is 0 Å². The first-order valence-electron chi connectivity index (χ1n) is 32.1. The van der Waals surface area contributed by atoms with Gasteiger partial charge in [0, 0.05) is 104 Å². The first kappa shape index (κ1) is 53.1. The monoisotopic (exact) mass is 1230 g/mol. The van der Waals surface area contributed by atoms with Crippen LogP contribution in [0.3, 0.4) is 0 Å². The first-order valence-corrected chi connectivity index (χ1v) is 33.8. The molecule has 0 bridgehead atoms. The van der Waals surface area contributed by atoms with E-state index in [4.69, 9.17) is 4.74 Å². The molecule has 4 aliphatic heterocycles. The summed E-state index contributed by atoms with van der Waals surface area (Å²) in [4.78, 5) is 12.6. The molecule has 0 radical (unpaired) electrons. The second kappa shape index (κ2) is 21.0. The van der Waals surface area contributed by atoms with Gasteiger partial charge >= 0.3 is 0 Å². The smallest absolute Gasteiger partial charge is 0.256 e. The van der Waals surface area contributed by atoms with Gasteiger partial charge in [0.2, 0.25) is 0 Å². The van der Waals surface area contributed by atoms with Gasteiger partial charge in [-0.2, -0.15) is 0 Å². The van der Waals surface area contributed by atoms with Crippen LogP contribution in [0.1, 0.15) is 0 Å². The molecule has 94 heavy (non-hydrogen) atoms. The number of benzene rings is 14. The van der Waals surface area contributed by atoms with Gasteiger partial charge in [0.25, 0.3) is 13.4 Å². The quantitative estimate of drug-likeness (QED) is 0.134. The SMILES string of the molecule is c1ccc(N(c2ccccc2)c2cc3c4c(c2)N(c2ccccc2)c2cc5c(cc2B4c2ccccc2N3c2ccccc2)B2c3ccccc3Oc3cc(N(c4ccccc4)c4cccc6c4sc4ccccc46)cc(c32)N5c2cccc3sc4ccccc4c23)cc1. The Bertz CT molecular complexity index is 5690. The summed E-state index contributed by atoms with van der Waals surface area (Å²) in [5.41, 5.74) is 23.6. The Morgan fingerprint density at radius 2 is 0.755 bits per heavy atom. The van der Waals surface area contributed by atoms with Crippen molar-refractivity contribution in [3.05, 3.63) is 322 Å². The number of hydrogen-bond acceptors (Lipinski definition) is 8. The van der Waals surface area contributed by atoms with Crippen LogP contribution in [0.25, 0.3) is 40.3 Å². The summed E-state index contributed by atoms with van der Waals surface area (Å²) in [6.45, 7) is -0.391. The number of anilines is 15. The largest absolute Gasteiger partial charge is 0.458 e. The lowest BCUT2D eigenvalue weighted by molar-refractivity contribution is 0.487. The molecule has 0 atom stereocenters. The summed E-state index contributed by atoms with van der Waals surface area (Å²) in [6.07, 6.45) is 0. The van der Waals surface area contributed by atoms with E-state index >= 15 is 0 Å². The minimum atomic E-state index is -0.214. The Morgan fingerprint density at radius 1 is 0.277 bits per heavy atom. The van der Waals surface area contributed by atoms with Gasteiger partial charge in [-0.25, -0.2) is 0 Å². The zero-order valence-corrected chi connectivity index (χ0v) is 52.3. The summed E-state index contributed by atoms with van der Waals surface area (Å²) in [7, 11) is 0. The Balaban J connectivity index is 0.912. The number of nitrogens with zero attached hydrogens (tertiary/aromatic N) is 5. The summed E-state index contributed by atoms with van der Waals surface area (Å²) in [6, 6.07) is 119. The predicted molar refractivity (Wildman–Crippen MR) is 401 cm³/mol. The second-order valence-corrected chi connectivity index (χ2v) is 26.8. The van der Waals surface area contributed by atoms with Crippen LogP contribution in [0.2, 0.25) is 0 Å². The minimum Gasteiger partial charge on any atom is -0.458 e. The molecule has 0 fully saturated rings. The number of hydrogen-bond donors (Lipinski definition) is 0. The lowest BCUT2D eigenvalue weighted by Gasteiger charge is -2.47. The van der Waals surface area contributed by atoms with Crippen molar-refractivity contribution in [1.29, 1.82) is 0 Å². The normalized spacial score (nSPS) is 13.1. The van der Waals surface area contributed by atoms with Crippen LogP contribution in [0.5, 0.6) is 11.5 Å². The Labute approximate surface area is 553 Å². The third kappa shape index (κ3) is 7.97. The molecule has 0 unspecified atom stereocenters. The van der Waals surface area contributed by atoms with Crippen molar-refractivity contribution in [2.45, 2.75) is 0 Å². The van der Waals surface area contributed by atoms with Crippen molar-refractivity contribution in [2.24, 2.45) is 0 Å². The fourth-order valence-corrected chi connectivity index (χ4v) is 18.1. The van der Waals surface area contributed by atoms with Gasteiger partial charge < -0.3 is 29.2 Å². The van der Waals surface area contributed by atoms with Gasteiger partial charge in [0.05, 0.1) is 27.4 Å². The molecule has 6 heterocycles. The van der Waals surface area contributed by atoms with Crippen LogP contribution in [-0.2, 0) is 0 Å². The summed E-state index contributed by atoms with van der Waals surface area (Å²) >= 11 is 3.71. The first-order chi connectivity index (χ1) is 46.7. The van der Waals surface area contributed by atoms with E-state index < -0.39 is 0 Å². The van der Waals surface area contributed by atoms with E-state index in [0.717, 1.165) is 108 Å². The minimum absolute atomic E-state index is 0.176. The molecule has 2 aromatic heterocycles. The molecule has 0 amide bonds. The molecule has 438 valence electrons. The molecule has 10 heteroatoms. The summed E-state index contributed by atoms with van der Waals surface area (Å²) in [5.74, 6) is 1.70. The molecule has 20 rings (SSSR count). The van der Waals surface area contributed by atoms with Gasteiger partial charge in [-0.1, -0.05) is 188 Å². The van der Waals surface area contributed by atoms with Crippen LogP contribution in [0.15, 0.2) is 322 Å². The van der Waals surface area contributed by atoms with Crippen LogP contribution in [0, 0.1) is 0 Å². The maximum absolute atomic E-state index is 7.49. The van der Waals surface area contributed by atoms with Crippen LogP contribution >= 0.6 is 22.7 Å². The van der Waals surface area contributed by atoms with Crippen LogP contribution in [-0.4, -0.2) is 13.4 Å². The Kier molecular flexibility index (Phi) is 11.9. The van der Waals surface area contributed by atoms with Crippen molar-refractivity contribution >= 4 is 195 Å². The van der Waals surface area contributed by atoms with Gasteiger partial charge in [0.1, 0.15) is 11.5 Å². The van der Waals surface area contributed by atoms with E-state index in [1.54, 1.807) is 0 Å². The van der Waals surface area contributed by atoms with Crippen molar-refractivity contribution in [3.8, 4) is 11.5 Å². The van der Waals surface area contributed by atoms with E-state index in [-0.39, 0.29) is 13.4 Å². The zero-order valence-electron chi connectivity index (χ0n) is 50.7. The van der Waals surface area contributed by atoms with E-state index in [0.29, 0.717) is 0 Å². The number of para-hydroxylation sites is 7. The van der Waals surface area contributed by atoms with Gasteiger partial charge in [-0.3, -0.25) is 0 Å². The molecular weight excluding hydrogens is 1180 g/mol. The van der Waals surface area contributed by atoms with E-state index in [1.807, 2.05) is 22.7 Å². The maximum atomic E-state index is 7.49. The maximum Gasteiger partial charge on any atom is 0.256 e. The van der Waals surface area contributed by atoms with Crippen molar-refractivity contribution < 1.29 is 4.74 Å². The average Bonchev–Trinajstić information content (AvgIpc) is 0.824. The van der Waals surface area contributed by atoms with E-state index in [9.17, 15) is 0 Å². The lowest BCUT2D eigenvalue weighted by atomic mass is 9.30. The number of rotatable bonds is 9. The summed E-state index contributed by atoms with van der Waals surface area (Å²) < 4.78 is 12.5. The molecule has 0 saturated carbocycles. The Hall–Kier alpha value is -11.6. The Morgan fingerprint density at radius 3 is 1.44 bits per heavy atom. The summed E-state index contributed by atoms with van der Waals surface area (Å²) in [5, 5.41) is 4.96. The highest BCUT2D eigenvalue weighted by Crippen LogP contribution is 2.54. The fourth-order valence-electron chi connectivity index (χ4n) is 15.8. The lowest BCUT2D eigenvalue weighted by Crippen LogP contribution is -2.64. The van der Waals surface area contributed by atoms with Gasteiger partial charge in [-0.15, -0.1) is 22.7 Å². The number of ether oxygens (including phenoxy) is 1. The highest BCUT2D eigenvalue weighted by atomic mass is 32.1. The molecule has 0 aliphatic carbocycles. The molecule has 14 aromatic carbocycles. The van der Waals surface area contributed by atoms with Crippen LogP contribution in [0.4, 0.5) is 85.3 Å². The number of fused-ring (bicyclic) bond motifs is 14.